The molecule has 4 rings (SSSR count). The molecule has 31 heavy (non-hydrogen) atoms. The number of anilines is 1. The Bertz CT molecular complexity index is 1230. The smallest absolute Gasteiger partial charge is 0.272 e. The Balaban J connectivity index is 1.46. The SMILES string of the molecule is O=C(Nc1cccc(C#Cc2ccccc2)c1)c1cc(S(=O)(=O)N2CCOCC2)c[nH]1. The summed E-state index contributed by atoms with van der Waals surface area (Å²) in [6, 6.07) is 18.1. The van der Waals surface area contributed by atoms with Crippen molar-refractivity contribution >= 4 is 21.6 Å². The lowest BCUT2D eigenvalue weighted by Crippen LogP contribution is -2.40. The first kappa shape index (κ1) is 20.9. The Morgan fingerprint density at radius 2 is 1.68 bits per heavy atom. The predicted molar refractivity (Wildman–Crippen MR) is 117 cm³/mol. The first-order chi connectivity index (χ1) is 15.0. The monoisotopic (exact) mass is 435 g/mol. The third-order valence-corrected chi connectivity index (χ3v) is 6.63. The molecule has 0 atom stereocenters. The molecule has 1 amide bonds. The van der Waals surface area contributed by atoms with Gasteiger partial charge in [0.25, 0.3) is 5.91 Å². The van der Waals surface area contributed by atoms with Crippen LogP contribution >= 0.6 is 0 Å². The lowest BCUT2D eigenvalue weighted by Gasteiger charge is -2.25. The van der Waals surface area contributed by atoms with Crippen LogP contribution in [0.1, 0.15) is 21.6 Å². The van der Waals surface area contributed by atoms with Crippen LogP contribution in [0, 0.1) is 11.8 Å². The molecule has 2 N–H and O–H groups in total. The summed E-state index contributed by atoms with van der Waals surface area (Å²) >= 11 is 0. The van der Waals surface area contributed by atoms with Crippen LogP contribution < -0.4 is 5.32 Å². The lowest BCUT2D eigenvalue weighted by molar-refractivity contribution is 0.0730. The van der Waals surface area contributed by atoms with Gasteiger partial charge < -0.3 is 15.0 Å². The standard InChI is InChI=1S/C23H21N3O4S/c27-23(22-16-21(17-24-22)31(28,29)26-11-13-30-14-12-26)25-20-8-4-7-19(15-20)10-9-18-5-2-1-3-6-18/h1-8,15-17,24H,11-14H2,(H,25,27). The van der Waals surface area contributed by atoms with E-state index < -0.39 is 15.9 Å². The van der Waals surface area contributed by atoms with Gasteiger partial charge in [-0.25, -0.2) is 8.42 Å². The van der Waals surface area contributed by atoms with Gasteiger partial charge in [0.15, 0.2) is 0 Å². The second-order valence-electron chi connectivity index (χ2n) is 6.92. The van der Waals surface area contributed by atoms with Gasteiger partial charge in [0.05, 0.1) is 13.2 Å². The molecular formula is C23H21N3O4S. The number of H-pyrrole nitrogens is 1. The van der Waals surface area contributed by atoms with E-state index in [9.17, 15) is 13.2 Å². The lowest BCUT2D eigenvalue weighted by atomic mass is 10.1. The molecule has 0 bridgehead atoms. The van der Waals surface area contributed by atoms with Crippen LogP contribution in [0.4, 0.5) is 5.69 Å². The molecule has 7 nitrogen and oxygen atoms in total. The van der Waals surface area contributed by atoms with Crippen molar-refractivity contribution in [2.24, 2.45) is 0 Å². The van der Waals surface area contributed by atoms with Crippen LogP contribution in [0.5, 0.6) is 0 Å². The number of rotatable bonds is 4. The van der Waals surface area contributed by atoms with E-state index in [0.29, 0.717) is 32.0 Å². The molecule has 1 aliphatic rings. The van der Waals surface area contributed by atoms with E-state index in [1.807, 2.05) is 36.4 Å². The molecule has 0 saturated carbocycles. The Hall–Kier alpha value is -3.38. The summed E-state index contributed by atoms with van der Waals surface area (Å²) in [5, 5.41) is 2.77. The minimum Gasteiger partial charge on any atom is -0.379 e. The number of aromatic amines is 1. The van der Waals surface area contributed by atoms with Crippen molar-refractivity contribution in [3.63, 3.8) is 0 Å². The maximum atomic E-state index is 12.7. The zero-order valence-corrected chi connectivity index (χ0v) is 17.5. The number of sulfonamides is 1. The number of ether oxygens (including phenoxy) is 1. The molecule has 1 fully saturated rings. The largest absolute Gasteiger partial charge is 0.379 e. The Morgan fingerprint density at radius 3 is 2.45 bits per heavy atom. The molecule has 3 aromatic rings. The number of benzene rings is 2. The summed E-state index contributed by atoms with van der Waals surface area (Å²) in [5.41, 5.74) is 2.38. The number of nitrogens with zero attached hydrogens (tertiary/aromatic N) is 1. The van der Waals surface area contributed by atoms with Gasteiger partial charge in [0.2, 0.25) is 10.0 Å². The first-order valence-electron chi connectivity index (χ1n) is 9.77. The quantitative estimate of drug-likeness (QED) is 0.617. The maximum absolute atomic E-state index is 12.7. The Kier molecular flexibility index (Phi) is 6.18. The van der Waals surface area contributed by atoms with Gasteiger partial charge in [0, 0.05) is 36.1 Å². The number of hydrogen-bond donors (Lipinski definition) is 2. The zero-order chi connectivity index (χ0) is 21.7. The summed E-state index contributed by atoms with van der Waals surface area (Å²) in [6.45, 7) is 1.32. The average Bonchev–Trinajstić information content (AvgIpc) is 3.31. The van der Waals surface area contributed by atoms with Crippen LogP contribution in [0.15, 0.2) is 71.8 Å². The molecule has 2 heterocycles. The zero-order valence-electron chi connectivity index (χ0n) is 16.7. The summed E-state index contributed by atoms with van der Waals surface area (Å²) in [7, 11) is -3.66. The number of carbonyl (C=O) groups is 1. The normalized spacial score (nSPS) is 14.5. The van der Waals surface area contributed by atoms with E-state index in [4.69, 9.17) is 4.74 Å². The van der Waals surface area contributed by atoms with Gasteiger partial charge in [-0.2, -0.15) is 4.31 Å². The number of nitrogens with one attached hydrogen (secondary N) is 2. The van der Waals surface area contributed by atoms with Gasteiger partial charge in [-0.1, -0.05) is 36.1 Å². The van der Waals surface area contributed by atoms with Crippen molar-refractivity contribution in [3.8, 4) is 11.8 Å². The van der Waals surface area contributed by atoms with E-state index in [1.165, 1.54) is 16.6 Å². The molecule has 0 aliphatic carbocycles. The number of amides is 1. The minimum atomic E-state index is -3.66. The van der Waals surface area contributed by atoms with Crippen LogP contribution in [0.3, 0.4) is 0 Å². The highest BCUT2D eigenvalue weighted by Gasteiger charge is 2.28. The molecule has 2 aromatic carbocycles. The van der Waals surface area contributed by atoms with Gasteiger partial charge >= 0.3 is 0 Å². The van der Waals surface area contributed by atoms with E-state index in [0.717, 1.165) is 11.1 Å². The van der Waals surface area contributed by atoms with E-state index in [1.54, 1.807) is 18.2 Å². The molecule has 1 aromatic heterocycles. The van der Waals surface area contributed by atoms with Crippen LogP contribution in [0.2, 0.25) is 0 Å². The van der Waals surface area contributed by atoms with Gasteiger partial charge in [-0.3, -0.25) is 4.79 Å². The van der Waals surface area contributed by atoms with Crippen LogP contribution in [-0.4, -0.2) is 49.9 Å². The van der Waals surface area contributed by atoms with E-state index in [-0.39, 0.29) is 10.6 Å². The topological polar surface area (TPSA) is 91.5 Å². The van der Waals surface area contributed by atoms with Gasteiger partial charge in [-0.15, -0.1) is 0 Å². The molecule has 0 radical (unpaired) electrons. The summed E-state index contributed by atoms with van der Waals surface area (Å²) in [4.78, 5) is 15.4. The Morgan fingerprint density at radius 1 is 0.968 bits per heavy atom. The fraction of sp³-hybridized carbons (Fsp3) is 0.174. The molecule has 1 aliphatic heterocycles. The highest BCUT2D eigenvalue weighted by molar-refractivity contribution is 7.89. The molecule has 1 saturated heterocycles. The summed E-state index contributed by atoms with van der Waals surface area (Å²) in [5.74, 6) is 5.71. The fourth-order valence-electron chi connectivity index (χ4n) is 3.13. The average molecular weight is 436 g/mol. The van der Waals surface area contributed by atoms with Crippen LogP contribution in [0.25, 0.3) is 0 Å². The minimum absolute atomic E-state index is 0.0574. The van der Waals surface area contributed by atoms with Crippen molar-refractivity contribution in [1.82, 2.24) is 9.29 Å². The fourth-order valence-corrected chi connectivity index (χ4v) is 4.53. The highest BCUT2D eigenvalue weighted by atomic mass is 32.2. The first-order valence-corrected chi connectivity index (χ1v) is 11.2. The van der Waals surface area contributed by atoms with Gasteiger partial charge in [-0.05, 0) is 36.4 Å². The molecule has 8 heteroatoms. The highest BCUT2D eigenvalue weighted by Crippen LogP contribution is 2.19. The molecule has 158 valence electrons. The maximum Gasteiger partial charge on any atom is 0.272 e. The number of aromatic nitrogens is 1. The van der Waals surface area contributed by atoms with Crippen molar-refractivity contribution in [2.75, 3.05) is 31.6 Å². The van der Waals surface area contributed by atoms with Crippen molar-refractivity contribution < 1.29 is 17.9 Å². The molecular weight excluding hydrogens is 414 g/mol. The number of morpholine rings is 1. The Labute approximate surface area is 181 Å². The third-order valence-electron chi connectivity index (χ3n) is 4.75. The number of hydrogen-bond acceptors (Lipinski definition) is 4. The summed E-state index contributed by atoms with van der Waals surface area (Å²) in [6.07, 6.45) is 1.33. The van der Waals surface area contributed by atoms with Gasteiger partial charge in [0.1, 0.15) is 10.6 Å². The number of carbonyl (C=O) groups excluding carboxylic acids is 1. The van der Waals surface area contributed by atoms with E-state index >= 15 is 0 Å². The van der Waals surface area contributed by atoms with E-state index in [2.05, 4.69) is 22.1 Å². The predicted octanol–water partition coefficient (Wildman–Crippen LogP) is 2.69. The van der Waals surface area contributed by atoms with Crippen molar-refractivity contribution in [1.29, 1.82) is 0 Å². The second kappa shape index (κ2) is 9.18. The summed E-state index contributed by atoms with van der Waals surface area (Å²) < 4.78 is 32.0. The molecule has 0 spiro atoms. The van der Waals surface area contributed by atoms with Crippen molar-refractivity contribution in [3.05, 3.63) is 83.7 Å². The van der Waals surface area contributed by atoms with Crippen LogP contribution in [-0.2, 0) is 14.8 Å². The third kappa shape index (κ3) is 5.03. The van der Waals surface area contributed by atoms with Crippen molar-refractivity contribution in [2.45, 2.75) is 4.90 Å². The molecule has 0 unspecified atom stereocenters. The second-order valence-corrected chi connectivity index (χ2v) is 8.85.